The van der Waals surface area contributed by atoms with E-state index in [4.69, 9.17) is 0 Å². The Morgan fingerprint density at radius 1 is 1.00 bits per heavy atom. The van der Waals surface area contributed by atoms with Crippen LogP contribution in [-0.4, -0.2) is 5.54 Å². The van der Waals surface area contributed by atoms with Gasteiger partial charge in [0.15, 0.2) is 0 Å². The average molecular weight is 244 g/mol. The van der Waals surface area contributed by atoms with Crippen molar-refractivity contribution in [3.05, 3.63) is 35.4 Å². The summed E-state index contributed by atoms with van der Waals surface area (Å²) in [6.07, 6.45) is 8.55. The molecule has 0 saturated heterocycles. The number of hydrogen-bond donors (Lipinski definition) is 1. The summed E-state index contributed by atoms with van der Waals surface area (Å²) in [5, 5.41) is 2.70. The number of quaternary nitrogens is 1. The predicted octanol–water partition coefficient (Wildman–Crippen LogP) is 3.52. The quantitative estimate of drug-likeness (QED) is 0.719. The van der Waals surface area contributed by atoms with Crippen LogP contribution in [0.25, 0.3) is 0 Å². The van der Waals surface area contributed by atoms with E-state index in [2.05, 4.69) is 43.4 Å². The molecule has 0 aromatic heterocycles. The molecule has 2 atom stereocenters. The fourth-order valence-electron chi connectivity index (χ4n) is 4.41. The van der Waals surface area contributed by atoms with Gasteiger partial charge in [-0.15, -0.1) is 0 Å². The largest absolute Gasteiger partial charge is 0.335 e. The van der Waals surface area contributed by atoms with Gasteiger partial charge in [-0.05, 0) is 31.2 Å². The van der Waals surface area contributed by atoms with Crippen molar-refractivity contribution in [1.82, 2.24) is 0 Å². The standard InChI is InChI=1S/C17H25N/c1-13-12-17(10-6-3-7-11-17)18-14(2)16-9-5-4-8-15(13)16/h4-5,8-9,13-14,18H,3,6-7,10-12H2,1-2H3/p+1. The van der Waals surface area contributed by atoms with Gasteiger partial charge < -0.3 is 5.32 Å². The summed E-state index contributed by atoms with van der Waals surface area (Å²) in [6.45, 7) is 4.83. The highest BCUT2D eigenvalue weighted by atomic mass is 15.0. The molecular formula is C17H26N+. The maximum absolute atomic E-state index is 2.70. The van der Waals surface area contributed by atoms with Crippen LogP contribution in [-0.2, 0) is 0 Å². The first-order valence-corrected chi connectivity index (χ1v) is 7.65. The summed E-state index contributed by atoms with van der Waals surface area (Å²) < 4.78 is 0. The second-order valence-corrected chi connectivity index (χ2v) is 6.61. The van der Waals surface area contributed by atoms with Crippen molar-refractivity contribution >= 4 is 0 Å². The highest BCUT2D eigenvalue weighted by Gasteiger charge is 2.41. The topological polar surface area (TPSA) is 16.6 Å². The normalized spacial score (nSPS) is 30.8. The smallest absolute Gasteiger partial charge is 0.109 e. The summed E-state index contributed by atoms with van der Waals surface area (Å²) in [5.74, 6) is 0.723. The molecule has 1 heteroatoms. The molecule has 1 spiro atoms. The molecule has 1 fully saturated rings. The molecule has 0 amide bonds. The van der Waals surface area contributed by atoms with Gasteiger partial charge in [0.1, 0.15) is 6.04 Å². The van der Waals surface area contributed by atoms with E-state index in [1.54, 1.807) is 11.1 Å². The Labute approximate surface area is 111 Å². The van der Waals surface area contributed by atoms with Crippen LogP contribution in [0.4, 0.5) is 0 Å². The summed E-state index contributed by atoms with van der Waals surface area (Å²) in [7, 11) is 0. The molecule has 2 aliphatic rings. The molecule has 1 aromatic carbocycles. The fraction of sp³-hybridized carbons (Fsp3) is 0.647. The van der Waals surface area contributed by atoms with Crippen LogP contribution in [0.5, 0.6) is 0 Å². The first-order valence-electron chi connectivity index (χ1n) is 7.65. The molecule has 1 heterocycles. The lowest BCUT2D eigenvalue weighted by Gasteiger charge is -2.36. The maximum Gasteiger partial charge on any atom is 0.109 e. The van der Waals surface area contributed by atoms with E-state index in [1.165, 1.54) is 38.5 Å². The van der Waals surface area contributed by atoms with Gasteiger partial charge in [-0.3, -0.25) is 0 Å². The molecule has 0 bridgehead atoms. The molecular weight excluding hydrogens is 218 g/mol. The number of hydrogen-bond acceptors (Lipinski definition) is 0. The van der Waals surface area contributed by atoms with E-state index in [1.807, 2.05) is 0 Å². The minimum atomic E-state index is 0.538. The van der Waals surface area contributed by atoms with Gasteiger partial charge in [-0.25, -0.2) is 0 Å². The fourth-order valence-corrected chi connectivity index (χ4v) is 4.41. The Morgan fingerprint density at radius 3 is 2.39 bits per heavy atom. The summed E-state index contributed by atoms with van der Waals surface area (Å²) in [4.78, 5) is 0. The van der Waals surface area contributed by atoms with Gasteiger partial charge in [0.05, 0.1) is 5.54 Å². The molecule has 1 nitrogen and oxygen atoms in total. The van der Waals surface area contributed by atoms with E-state index in [9.17, 15) is 0 Å². The van der Waals surface area contributed by atoms with Gasteiger partial charge >= 0.3 is 0 Å². The van der Waals surface area contributed by atoms with Crippen molar-refractivity contribution in [2.24, 2.45) is 0 Å². The van der Waals surface area contributed by atoms with E-state index < -0.39 is 0 Å². The number of benzene rings is 1. The first-order chi connectivity index (χ1) is 8.70. The second-order valence-electron chi connectivity index (χ2n) is 6.61. The third-order valence-electron chi connectivity index (χ3n) is 5.18. The molecule has 2 unspecified atom stereocenters. The molecule has 2 N–H and O–H groups in total. The molecule has 1 saturated carbocycles. The SMILES string of the molecule is CC1CC2(CCCCC2)[NH2+]C(C)c2ccccc21. The van der Waals surface area contributed by atoms with Crippen molar-refractivity contribution in [1.29, 1.82) is 0 Å². The van der Waals surface area contributed by atoms with Crippen LogP contribution in [0, 0.1) is 0 Å². The average Bonchev–Trinajstić information content (AvgIpc) is 2.48. The van der Waals surface area contributed by atoms with Crippen LogP contribution >= 0.6 is 0 Å². The minimum Gasteiger partial charge on any atom is -0.335 e. The molecule has 0 radical (unpaired) electrons. The molecule has 98 valence electrons. The first kappa shape index (κ1) is 12.2. The Hall–Kier alpha value is -0.820. The van der Waals surface area contributed by atoms with Gasteiger partial charge in [-0.1, -0.05) is 37.6 Å². The van der Waals surface area contributed by atoms with Gasteiger partial charge in [0, 0.05) is 24.8 Å². The zero-order chi connectivity index (χ0) is 12.6. The molecule has 1 aliphatic heterocycles. The number of nitrogens with two attached hydrogens (primary N) is 1. The van der Waals surface area contributed by atoms with Crippen molar-refractivity contribution in [3.8, 4) is 0 Å². The van der Waals surface area contributed by atoms with Crippen LogP contribution in [0.3, 0.4) is 0 Å². The highest BCUT2D eigenvalue weighted by Crippen LogP contribution is 2.38. The van der Waals surface area contributed by atoms with Crippen LogP contribution in [0.1, 0.15) is 75.5 Å². The van der Waals surface area contributed by atoms with Crippen LogP contribution in [0.15, 0.2) is 24.3 Å². The van der Waals surface area contributed by atoms with Gasteiger partial charge in [-0.2, -0.15) is 0 Å². The lowest BCUT2D eigenvalue weighted by atomic mass is 9.75. The Bertz CT molecular complexity index is 384. The summed E-state index contributed by atoms with van der Waals surface area (Å²) >= 11 is 0. The van der Waals surface area contributed by atoms with E-state index in [0.29, 0.717) is 11.6 Å². The molecule has 18 heavy (non-hydrogen) atoms. The van der Waals surface area contributed by atoms with Crippen molar-refractivity contribution in [2.45, 2.75) is 69.9 Å². The third-order valence-corrected chi connectivity index (χ3v) is 5.18. The predicted molar refractivity (Wildman–Crippen MR) is 75.6 cm³/mol. The zero-order valence-electron chi connectivity index (χ0n) is 11.8. The summed E-state index contributed by atoms with van der Waals surface area (Å²) in [6, 6.07) is 9.74. The van der Waals surface area contributed by atoms with Crippen LogP contribution in [0.2, 0.25) is 0 Å². The molecule has 3 rings (SSSR count). The second kappa shape index (κ2) is 4.70. The number of rotatable bonds is 0. The van der Waals surface area contributed by atoms with Crippen LogP contribution < -0.4 is 5.32 Å². The number of fused-ring (bicyclic) bond motifs is 1. The van der Waals surface area contributed by atoms with Gasteiger partial charge in [0.25, 0.3) is 0 Å². The zero-order valence-corrected chi connectivity index (χ0v) is 11.8. The Kier molecular flexibility index (Phi) is 3.19. The van der Waals surface area contributed by atoms with E-state index >= 15 is 0 Å². The van der Waals surface area contributed by atoms with Gasteiger partial charge in [0.2, 0.25) is 0 Å². The lowest BCUT2D eigenvalue weighted by Crippen LogP contribution is -2.97. The maximum atomic E-state index is 2.70. The van der Waals surface area contributed by atoms with Crippen molar-refractivity contribution < 1.29 is 5.32 Å². The lowest BCUT2D eigenvalue weighted by molar-refractivity contribution is -0.763. The van der Waals surface area contributed by atoms with E-state index in [0.717, 1.165) is 5.92 Å². The third kappa shape index (κ3) is 2.09. The molecule has 1 aromatic rings. The van der Waals surface area contributed by atoms with Crippen molar-refractivity contribution in [2.75, 3.05) is 0 Å². The Morgan fingerprint density at radius 2 is 1.67 bits per heavy atom. The monoisotopic (exact) mass is 244 g/mol. The molecule has 1 aliphatic carbocycles. The Balaban J connectivity index is 1.95. The summed E-state index contributed by atoms with van der Waals surface area (Å²) in [5.41, 5.74) is 3.71. The van der Waals surface area contributed by atoms with Crippen molar-refractivity contribution in [3.63, 3.8) is 0 Å². The highest BCUT2D eigenvalue weighted by molar-refractivity contribution is 5.32. The minimum absolute atomic E-state index is 0.538. The van der Waals surface area contributed by atoms with E-state index in [-0.39, 0.29) is 0 Å².